The van der Waals surface area contributed by atoms with Crippen LogP contribution in [0.2, 0.25) is 0 Å². The van der Waals surface area contributed by atoms with E-state index in [1.807, 2.05) is 6.07 Å². The first-order valence-corrected chi connectivity index (χ1v) is 8.06. The van der Waals surface area contributed by atoms with Crippen LogP contribution in [0.15, 0.2) is 30.3 Å². The fourth-order valence-electron chi connectivity index (χ4n) is 3.07. The van der Waals surface area contributed by atoms with Crippen molar-refractivity contribution in [3.8, 4) is 0 Å². The van der Waals surface area contributed by atoms with Gasteiger partial charge in [0.25, 0.3) is 0 Å². The smallest absolute Gasteiger partial charge is 0.0716 e. The van der Waals surface area contributed by atoms with Gasteiger partial charge in [-0.1, -0.05) is 49.6 Å². The Labute approximate surface area is 122 Å². The molecule has 106 valence electrons. The van der Waals surface area contributed by atoms with Crippen LogP contribution in [-0.2, 0) is 11.3 Å². The molecule has 0 N–H and O–H groups in total. The molecule has 0 aromatic heterocycles. The second-order valence-electron chi connectivity index (χ2n) is 5.84. The molecule has 1 saturated carbocycles. The Balaban J connectivity index is 1.63. The standard InChI is InChI=1S/C17H25ClO/c18-15-17(10-5-2-6-11-17)12-7-13-19-14-16-8-3-1-4-9-16/h1,3-4,8-9H,2,5-7,10-15H2. The highest BCUT2D eigenvalue weighted by Gasteiger charge is 2.30. The van der Waals surface area contributed by atoms with Crippen molar-refractivity contribution in [2.24, 2.45) is 5.41 Å². The summed E-state index contributed by atoms with van der Waals surface area (Å²) >= 11 is 6.20. The van der Waals surface area contributed by atoms with E-state index in [1.165, 1.54) is 44.1 Å². The van der Waals surface area contributed by atoms with Gasteiger partial charge in [-0.3, -0.25) is 0 Å². The van der Waals surface area contributed by atoms with E-state index in [0.717, 1.165) is 25.5 Å². The van der Waals surface area contributed by atoms with Gasteiger partial charge in [0.15, 0.2) is 0 Å². The minimum absolute atomic E-state index is 0.413. The zero-order valence-electron chi connectivity index (χ0n) is 11.7. The van der Waals surface area contributed by atoms with Crippen molar-refractivity contribution >= 4 is 11.6 Å². The predicted octanol–water partition coefficient (Wildman–Crippen LogP) is 5.17. The highest BCUT2D eigenvalue weighted by Crippen LogP contribution is 2.41. The van der Waals surface area contributed by atoms with Crippen molar-refractivity contribution < 1.29 is 4.74 Å². The summed E-state index contributed by atoms with van der Waals surface area (Å²) in [4.78, 5) is 0. The largest absolute Gasteiger partial charge is 0.377 e. The first-order valence-electron chi connectivity index (χ1n) is 7.52. The van der Waals surface area contributed by atoms with Crippen LogP contribution in [0.3, 0.4) is 0 Å². The monoisotopic (exact) mass is 280 g/mol. The third-order valence-corrected chi connectivity index (χ3v) is 4.87. The maximum atomic E-state index is 6.20. The molecule has 1 aliphatic carbocycles. The van der Waals surface area contributed by atoms with E-state index in [-0.39, 0.29) is 0 Å². The molecule has 0 saturated heterocycles. The minimum Gasteiger partial charge on any atom is -0.377 e. The van der Waals surface area contributed by atoms with E-state index in [9.17, 15) is 0 Å². The summed E-state index contributed by atoms with van der Waals surface area (Å²) in [5.41, 5.74) is 1.67. The summed E-state index contributed by atoms with van der Waals surface area (Å²) in [5.74, 6) is 0.825. The molecule has 2 rings (SSSR count). The van der Waals surface area contributed by atoms with Crippen LogP contribution in [0, 0.1) is 5.41 Å². The fourth-order valence-corrected chi connectivity index (χ4v) is 3.47. The number of halogens is 1. The Bertz CT molecular complexity index is 344. The number of hydrogen-bond acceptors (Lipinski definition) is 1. The first-order chi connectivity index (χ1) is 9.35. The lowest BCUT2D eigenvalue weighted by atomic mass is 9.73. The van der Waals surface area contributed by atoms with Gasteiger partial charge in [0, 0.05) is 12.5 Å². The Morgan fingerprint density at radius 2 is 1.79 bits per heavy atom. The molecule has 0 radical (unpaired) electrons. The first kappa shape index (κ1) is 14.9. The minimum atomic E-state index is 0.413. The summed E-state index contributed by atoms with van der Waals surface area (Å²) in [7, 11) is 0. The zero-order chi connectivity index (χ0) is 13.4. The second-order valence-corrected chi connectivity index (χ2v) is 6.10. The summed E-state index contributed by atoms with van der Waals surface area (Å²) in [6.45, 7) is 1.59. The van der Waals surface area contributed by atoms with Crippen LogP contribution in [0.5, 0.6) is 0 Å². The molecule has 1 fully saturated rings. The third kappa shape index (κ3) is 4.81. The molecule has 0 unspecified atom stereocenters. The van der Waals surface area contributed by atoms with Crippen LogP contribution in [0.4, 0.5) is 0 Å². The molecule has 0 atom stereocenters. The normalized spacial score (nSPS) is 18.4. The van der Waals surface area contributed by atoms with Gasteiger partial charge >= 0.3 is 0 Å². The maximum absolute atomic E-state index is 6.20. The van der Waals surface area contributed by atoms with Gasteiger partial charge in [0.05, 0.1) is 6.61 Å². The molecule has 1 nitrogen and oxygen atoms in total. The van der Waals surface area contributed by atoms with Crippen LogP contribution in [-0.4, -0.2) is 12.5 Å². The molecule has 0 heterocycles. The zero-order valence-corrected chi connectivity index (χ0v) is 12.5. The van der Waals surface area contributed by atoms with Gasteiger partial charge in [-0.2, -0.15) is 0 Å². The SMILES string of the molecule is ClCC1(CCCOCc2ccccc2)CCCCC1. The molecule has 2 heteroatoms. The lowest BCUT2D eigenvalue weighted by Gasteiger charge is -2.35. The summed E-state index contributed by atoms with van der Waals surface area (Å²) < 4.78 is 5.76. The average Bonchev–Trinajstić information content (AvgIpc) is 2.49. The van der Waals surface area contributed by atoms with Crippen molar-refractivity contribution in [2.45, 2.75) is 51.6 Å². The van der Waals surface area contributed by atoms with Crippen molar-refractivity contribution in [3.05, 3.63) is 35.9 Å². The van der Waals surface area contributed by atoms with E-state index in [2.05, 4.69) is 24.3 Å². The molecule has 1 aliphatic rings. The molecule has 0 bridgehead atoms. The topological polar surface area (TPSA) is 9.23 Å². The third-order valence-electron chi connectivity index (χ3n) is 4.31. The molecule has 0 spiro atoms. The van der Waals surface area contributed by atoms with Crippen molar-refractivity contribution in [2.75, 3.05) is 12.5 Å². The molecule has 0 amide bonds. The lowest BCUT2D eigenvalue weighted by Crippen LogP contribution is -2.26. The van der Waals surface area contributed by atoms with Crippen molar-refractivity contribution in [1.29, 1.82) is 0 Å². The van der Waals surface area contributed by atoms with Gasteiger partial charge < -0.3 is 4.74 Å². The molecular weight excluding hydrogens is 256 g/mol. The van der Waals surface area contributed by atoms with E-state index >= 15 is 0 Å². The van der Waals surface area contributed by atoms with Gasteiger partial charge in [-0.25, -0.2) is 0 Å². The van der Waals surface area contributed by atoms with Crippen molar-refractivity contribution in [3.63, 3.8) is 0 Å². The van der Waals surface area contributed by atoms with Crippen LogP contribution in [0.25, 0.3) is 0 Å². The fraction of sp³-hybridized carbons (Fsp3) is 0.647. The number of benzene rings is 1. The summed E-state index contributed by atoms with van der Waals surface area (Å²) in [6.07, 6.45) is 9.10. The Morgan fingerprint density at radius 3 is 2.47 bits per heavy atom. The van der Waals surface area contributed by atoms with Gasteiger partial charge in [-0.05, 0) is 36.7 Å². The molecule has 19 heavy (non-hydrogen) atoms. The van der Waals surface area contributed by atoms with Gasteiger partial charge in [0.2, 0.25) is 0 Å². The van der Waals surface area contributed by atoms with Crippen molar-refractivity contribution in [1.82, 2.24) is 0 Å². The second kappa shape index (κ2) is 7.91. The van der Waals surface area contributed by atoms with E-state index in [1.54, 1.807) is 0 Å². The molecule has 1 aromatic carbocycles. The lowest BCUT2D eigenvalue weighted by molar-refractivity contribution is 0.0995. The van der Waals surface area contributed by atoms with Gasteiger partial charge in [0.1, 0.15) is 0 Å². The van der Waals surface area contributed by atoms with E-state index in [4.69, 9.17) is 16.3 Å². The van der Waals surface area contributed by atoms with Crippen LogP contribution >= 0.6 is 11.6 Å². The number of hydrogen-bond donors (Lipinski definition) is 0. The van der Waals surface area contributed by atoms with E-state index < -0.39 is 0 Å². The predicted molar refractivity (Wildman–Crippen MR) is 81.6 cm³/mol. The Morgan fingerprint density at radius 1 is 1.05 bits per heavy atom. The summed E-state index contributed by atoms with van der Waals surface area (Å²) in [5, 5.41) is 0. The molecule has 1 aromatic rings. The summed E-state index contributed by atoms with van der Waals surface area (Å²) in [6, 6.07) is 10.4. The quantitative estimate of drug-likeness (QED) is 0.494. The average molecular weight is 281 g/mol. The Kier molecular flexibility index (Phi) is 6.19. The molecular formula is C17H25ClO. The number of alkyl halides is 1. The molecule has 0 aliphatic heterocycles. The Hall–Kier alpha value is -0.530. The number of ether oxygens (including phenoxy) is 1. The van der Waals surface area contributed by atoms with Crippen LogP contribution in [0.1, 0.15) is 50.5 Å². The van der Waals surface area contributed by atoms with Gasteiger partial charge in [-0.15, -0.1) is 11.6 Å². The van der Waals surface area contributed by atoms with E-state index in [0.29, 0.717) is 5.41 Å². The number of rotatable bonds is 7. The highest BCUT2D eigenvalue weighted by molar-refractivity contribution is 6.18. The highest BCUT2D eigenvalue weighted by atomic mass is 35.5. The maximum Gasteiger partial charge on any atom is 0.0716 e. The van der Waals surface area contributed by atoms with Crippen LogP contribution < -0.4 is 0 Å².